The zero-order valence-electron chi connectivity index (χ0n) is 21.6. The fourth-order valence-electron chi connectivity index (χ4n) is 6.67. The number of nitrogens with one attached hydrogen (secondary N) is 2. The number of anilines is 1. The van der Waals surface area contributed by atoms with Crippen molar-refractivity contribution in [3.63, 3.8) is 0 Å². The van der Waals surface area contributed by atoms with Gasteiger partial charge in [0.05, 0.1) is 30.1 Å². The Kier molecular flexibility index (Phi) is 7.70. The molecule has 1 aromatic carbocycles. The summed E-state index contributed by atoms with van der Waals surface area (Å²) in [5.74, 6) is -2.11. The summed E-state index contributed by atoms with van der Waals surface area (Å²) in [6.45, 7) is 8.22. The van der Waals surface area contributed by atoms with Gasteiger partial charge in [-0.15, -0.1) is 0 Å². The molecule has 0 radical (unpaired) electrons. The number of hydrogen-bond donors (Lipinski definition) is 3. The molecule has 3 aliphatic heterocycles. The fraction of sp³-hybridized carbons (Fsp3) is 0.667. The zero-order chi connectivity index (χ0) is 26.3. The number of fused-ring (bicyclic) bond motifs is 1. The SMILES string of the molecule is CCCNC(=O)[C@H]1[C@H]2C(=O)N([C@@H](CO)CC(C)C)C(C(=O)Nc3ccc(Cl)cc3)C23CC[C@]1(CC)O3. The van der Waals surface area contributed by atoms with E-state index in [-0.39, 0.29) is 30.2 Å². The summed E-state index contributed by atoms with van der Waals surface area (Å²) in [5, 5.41) is 16.8. The van der Waals surface area contributed by atoms with Crippen molar-refractivity contribution in [2.45, 2.75) is 83.1 Å². The molecule has 2 unspecified atom stereocenters. The Morgan fingerprint density at radius 2 is 1.89 bits per heavy atom. The van der Waals surface area contributed by atoms with Gasteiger partial charge in [0.15, 0.2) is 0 Å². The van der Waals surface area contributed by atoms with Gasteiger partial charge >= 0.3 is 0 Å². The molecular formula is C27H38ClN3O5. The van der Waals surface area contributed by atoms with Gasteiger partial charge in [0, 0.05) is 17.3 Å². The second-order valence-corrected chi connectivity index (χ2v) is 11.3. The van der Waals surface area contributed by atoms with Crippen LogP contribution in [0, 0.1) is 17.8 Å². The largest absolute Gasteiger partial charge is 0.394 e. The molecule has 3 heterocycles. The lowest BCUT2D eigenvalue weighted by atomic mass is 9.65. The summed E-state index contributed by atoms with van der Waals surface area (Å²) >= 11 is 6.01. The monoisotopic (exact) mass is 519 g/mol. The quantitative estimate of drug-likeness (QED) is 0.439. The number of nitrogens with zero attached hydrogens (tertiary/aromatic N) is 1. The van der Waals surface area contributed by atoms with Crippen molar-refractivity contribution in [1.29, 1.82) is 0 Å². The van der Waals surface area contributed by atoms with E-state index in [1.54, 1.807) is 24.3 Å². The molecule has 0 aromatic heterocycles. The number of halogens is 1. The van der Waals surface area contributed by atoms with E-state index in [0.717, 1.165) is 6.42 Å². The number of likely N-dealkylation sites (tertiary alicyclic amines) is 1. The minimum atomic E-state index is -1.12. The number of aliphatic hydroxyl groups is 1. The molecule has 3 fully saturated rings. The smallest absolute Gasteiger partial charge is 0.250 e. The average Bonchev–Trinajstić information content (AvgIpc) is 3.46. The van der Waals surface area contributed by atoms with Gasteiger partial charge in [0.2, 0.25) is 17.7 Å². The second kappa shape index (κ2) is 10.3. The first kappa shape index (κ1) is 26.9. The summed E-state index contributed by atoms with van der Waals surface area (Å²) in [7, 11) is 0. The third-order valence-electron chi connectivity index (χ3n) is 8.16. The van der Waals surface area contributed by atoms with Crippen molar-refractivity contribution in [3.8, 4) is 0 Å². The molecule has 3 saturated heterocycles. The first-order chi connectivity index (χ1) is 17.1. The van der Waals surface area contributed by atoms with Crippen LogP contribution in [0.1, 0.15) is 59.8 Å². The number of carbonyl (C=O) groups is 3. The maximum Gasteiger partial charge on any atom is 0.250 e. The first-order valence-electron chi connectivity index (χ1n) is 13.1. The molecule has 3 N–H and O–H groups in total. The van der Waals surface area contributed by atoms with Gasteiger partial charge in [-0.25, -0.2) is 0 Å². The molecule has 1 spiro atoms. The highest BCUT2D eigenvalue weighted by molar-refractivity contribution is 6.30. The van der Waals surface area contributed by atoms with Gasteiger partial charge in [0.25, 0.3) is 0 Å². The van der Waals surface area contributed by atoms with Gasteiger partial charge < -0.3 is 25.4 Å². The number of amides is 3. The molecule has 3 aliphatic rings. The minimum Gasteiger partial charge on any atom is -0.394 e. The van der Waals surface area contributed by atoms with Crippen LogP contribution >= 0.6 is 11.6 Å². The van der Waals surface area contributed by atoms with Crippen molar-refractivity contribution in [2.24, 2.45) is 17.8 Å². The molecule has 4 rings (SSSR count). The average molecular weight is 520 g/mol. The Morgan fingerprint density at radius 3 is 2.47 bits per heavy atom. The number of carbonyl (C=O) groups excluding carboxylic acids is 3. The third kappa shape index (κ3) is 4.31. The Bertz CT molecular complexity index is 1000. The highest BCUT2D eigenvalue weighted by Crippen LogP contribution is 2.64. The maximum absolute atomic E-state index is 14.2. The lowest BCUT2D eigenvalue weighted by Gasteiger charge is -2.37. The van der Waals surface area contributed by atoms with Gasteiger partial charge in [-0.3, -0.25) is 14.4 Å². The van der Waals surface area contributed by atoms with Gasteiger partial charge in [-0.05, 0) is 62.3 Å². The van der Waals surface area contributed by atoms with Crippen LogP contribution in [0.25, 0.3) is 0 Å². The predicted molar refractivity (Wildman–Crippen MR) is 137 cm³/mol. The van der Waals surface area contributed by atoms with Crippen LogP contribution in [0.15, 0.2) is 24.3 Å². The number of aliphatic hydroxyl groups excluding tert-OH is 1. The molecule has 9 heteroatoms. The van der Waals surface area contributed by atoms with Gasteiger partial charge in [-0.1, -0.05) is 39.3 Å². The summed E-state index contributed by atoms with van der Waals surface area (Å²) in [5.41, 5.74) is -1.35. The van der Waals surface area contributed by atoms with Crippen molar-refractivity contribution < 1.29 is 24.2 Å². The Labute approximate surface area is 218 Å². The fourth-order valence-corrected chi connectivity index (χ4v) is 6.80. The molecule has 3 amide bonds. The van der Waals surface area contributed by atoms with Crippen LogP contribution in [0.5, 0.6) is 0 Å². The van der Waals surface area contributed by atoms with Crippen LogP contribution in [0.4, 0.5) is 5.69 Å². The molecule has 6 atom stereocenters. The summed E-state index contributed by atoms with van der Waals surface area (Å²) in [6.07, 6.45) is 2.99. The summed E-state index contributed by atoms with van der Waals surface area (Å²) in [4.78, 5) is 43.1. The van der Waals surface area contributed by atoms with Crippen LogP contribution in [-0.4, -0.2) is 64.2 Å². The topological polar surface area (TPSA) is 108 Å². The molecule has 8 nitrogen and oxygen atoms in total. The maximum atomic E-state index is 14.2. The van der Waals surface area contributed by atoms with E-state index in [1.165, 1.54) is 4.90 Å². The lowest BCUT2D eigenvalue weighted by molar-refractivity contribution is -0.149. The second-order valence-electron chi connectivity index (χ2n) is 10.8. The molecule has 0 saturated carbocycles. The van der Waals surface area contributed by atoms with E-state index in [1.807, 2.05) is 27.7 Å². The van der Waals surface area contributed by atoms with Crippen molar-refractivity contribution >= 4 is 35.0 Å². The van der Waals surface area contributed by atoms with Gasteiger partial charge in [-0.2, -0.15) is 0 Å². The molecule has 36 heavy (non-hydrogen) atoms. The van der Waals surface area contributed by atoms with Crippen LogP contribution in [0.2, 0.25) is 5.02 Å². The van der Waals surface area contributed by atoms with E-state index in [9.17, 15) is 19.5 Å². The van der Waals surface area contributed by atoms with E-state index < -0.39 is 35.1 Å². The Morgan fingerprint density at radius 1 is 1.19 bits per heavy atom. The number of benzene rings is 1. The molecule has 2 bridgehead atoms. The summed E-state index contributed by atoms with van der Waals surface area (Å²) < 4.78 is 6.74. The third-order valence-corrected chi connectivity index (χ3v) is 8.41. The van der Waals surface area contributed by atoms with Crippen LogP contribution < -0.4 is 10.6 Å². The number of ether oxygens (including phenoxy) is 1. The van der Waals surface area contributed by atoms with Crippen LogP contribution in [0.3, 0.4) is 0 Å². The minimum absolute atomic E-state index is 0.191. The van der Waals surface area contributed by atoms with Gasteiger partial charge in [0.1, 0.15) is 11.6 Å². The standard InChI is InChI=1S/C27H38ClN3O5/c1-5-13-29-23(33)20-21-25(35)31(19(15-32)14-16(3)4)22(27(21)12-11-26(20,6-2)36-27)24(34)30-18-9-7-17(28)8-10-18/h7-10,16,19-22,32H,5-6,11-15H2,1-4H3,(H,29,33)(H,30,34)/t19-,20-,21+,22?,26+,27?/m1/s1. The lowest BCUT2D eigenvalue weighted by Crippen LogP contribution is -2.56. The molecule has 0 aliphatic carbocycles. The highest BCUT2D eigenvalue weighted by Gasteiger charge is 2.79. The Balaban J connectivity index is 1.77. The molecular weight excluding hydrogens is 482 g/mol. The van der Waals surface area contributed by atoms with E-state index in [0.29, 0.717) is 42.9 Å². The zero-order valence-corrected chi connectivity index (χ0v) is 22.3. The van der Waals surface area contributed by atoms with Crippen molar-refractivity contribution in [2.75, 3.05) is 18.5 Å². The van der Waals surface area contributed by atoms with Crippen LogP contribution in [-0.2, 0) is 19.1 Å². The summed E-state index contributed by atoms with van der Waals surface area (Å²) in [6, 6.07) is 5.26. The predicted octanol–water partition coefficient (Wildman–Crippen LogP) is 3.37. The number of hydrogen-bond acceptors (Lipinski definition) is 5. The number of rotatable bonds is 10. The Hall–Kier alpha value is -2.16. The van der Waals surface area contributed by atoms with Crippen molar-refractivity contribution in [1.82, 2.24) is 10.2 Å². The molecule has 198 valence electrons. The van der Waals surface area contributed by atoms with E-state index in [4.69, 9.17) is 16.3 Å². The van der Waals surface area contributed by atoms with E-state index >= 15 is 0 Å². The van der Waals surface area contributed by atoms with Crippen molar-refractivity contribution in [3.05, 3.63) is 29.3 Å². The molecule has 1 aromatic rings. The normalized spacial score (nSPS) is 31.6. The van der Waals surface area contributed by atoms with E-state index in [2.05, 4.69) is 10.6 Å². The highest BCUT2D eigenvalue weighted by atomic mass is 35.5. The first-order valence-corrected chi connectivity index (χ1v) is 13.5.